The van der Waals surface area contributed by atoms with Crippen molar-refractivity contribution in [1.29, 1.82) is 0 Å². The molecule has 1 saturated carbocycles. The molecule has 0 saturated heterocycles. The Kier molecular flexibility index (Phi) is 4.77. The second kappa shape index (κ2) is 5.42. The molecule has 0 radical (unpaired) electrons. The zero-order chi connectivity index (χ0) is 14.1. The Morgan fingerprint density at radius 3 is 2.00 bits per heavy atom. The summed E-state index contributed by atoms with van der Waals surface area (Å²) in [6.45, 7) is 1.69. The molecular formula is C9H11ClF6O2. The molecule has 0 aromatic carbocycles. The Bertz CT molecular complexity index is 265. The lowest BCUT2D eigenvalue weighted by molar-refractivity contribution is -0.343. The van der Waals surface area contributed by atoms with Gasteiger partial charge in [0.1, 0.15) is 6.10 Å². The molecule has 0 bridgehead atoms. The van der Waals surface area contributed by atoms with E-state index in [9.17, 15) is 26.3 Å². The first-order valence-electron chi connectivity index (χ1n) is 5.12. The van der Waals surface area contributed by atoms with Gasteiger partial charge in [0.25, 0.3) is 0 Å². The van der Waals surface area contributed by atoms with Crippen LogP contribution in [0.5, 0.6) is 0 Å². The third kappa shape index (κ3) is 3.64. The quantitative estimate of drug-likeness (QED) is 0.586. The average Bonchev–Trinajstić information content (AvgIpc) is 2.16. The number of alkyl halides is 7. The van der Waals surface area contributed by atoms with Crippen LogP contribution < -0.4 is 0 Å². The van der Waals surface area contributed by atoms with Crippen molar-refractivity contribution in [3.63, 3.8) is 0 Å². The molecule has 3 atom stereocenters. The molecule has 0 amide bonds. The summed E-state index contributed by atoms with van der Waals surface area (Å²) in [6.07, 6.45) is -17.2. The van der Waals surface area contributed by atoms with E-state index >= 15 is 0 Å². The summed E-state index contributed by atoms with van der Waals surface area (Å²) in [6, 6.07) is 0. The number of hydrogen-bond donors (Lipinski definition) is 0. The van der Waals surface area contributed by atoms with Crippen molar-refractivity contribution in [2.24, 2.45) is 0 Å². The van der Waals surface area contributed by atoms with Crippen molar-refractivity contribution >= 4 is 11.6 Å². The van der Waals surface area contributed by atoms with Gasteiger partial charge in [-0.05, 0) is 13.3 Å². The van der Waals surface area contributed by atoms with Gasteiger partial charge in [-0.25, -0.2) is 0 Å². The highest BCUT2D eigenvalue weighted by atomic mass is 35.5. The van der Waals surface area contributed by atoms with E-state index in [2.05, 4.69) is 4.74 Å². The van der Waals surface area contributed by atoms with E-state index in [1.165, 1.54) is 0 Å². The lowest BCUT2D eigenvalue weighted by Gasteiger charge is -2.42. The Hall–Kier alpha value is -0.210. The van der Waals surface area contributed by atoms with Gasteiger partial charge in [0.05, 0.1) is 11.5 Å². The molecule has 1 aliphatic rings. The summed E-state index contributed by atoms with van der Waals surface area (Å²) >= 11 is 5.63. The first kappa shape index (κ1) is 15.8. The molecule has 18 heavy (non-hydrogen) atoms. The molecule has 108 valence electrons. The normalized spacial score (nSPS) is 29.5. The molecule has 1 fully saturated rings. The fraction of sp³-hybridized carbons (Fsp3) is 1.00. The van der Waals surface area contributed by atoms with E-state index in [1.807, 2.05) is 0 Å². The number of hydrogen-bond acceptors (Lipinski definition) is 2. The molecular weight excluding hydrogens is 290 g/mol. The highest BCUT2D eigenvalue weighted by Crippen LogP contribution is 2.40. The fourth-order valence-electron chi connectivity index (χ4n) is 1.58. The highest BCUT2D eigenvalue weighted by Gasteiger charge is 2.60. The largest absolute Gasteiger partial charge is 0.423 e. The molecule has 2 nitrogen and oxygen atoms in total. The van der Waals surface area contributed by atoms with Crippen molar-refractivity contribution < 1.29 is 35.8 Å². The predicted molar refractivity (Wildman–Crippen MR) is 50.4 cm³/mol. The summed E-state index contributed by atoms with van der Waals surface area (Å²) in [5, 5.41) is -0.628. The van der Waals surface area contributed by atoms with Gasteiger partial charge in [-0.3, -0.25) is 0 Å². The minimum Gasteiger partial charge on any atom is -0.374 e. The van der Waals surface area contributed by atoms with E-state index < -0.39 is 36.0 Å². The van der Waals surface area contributed by atoms with Crippen LogP contribution in [-0.4, -0.2) is 42.6 Å². The Labute approximate surface area is 104 Å². The van der Waals surface area contributed by atoms with Gasteiger partial charge in [-0.1, -0.05) is 0 Å². The standard InChI is InChI=1S/C9H11ClF6O2/c1-2-17-6-4(10)3-5(6)18-7(8(11,12)13)9(14,15)16/h4-7H,2-3H2,1H3. The van der Waals surface area contributed by atoms with Crippen molar-refractivity contribution in [2.45, 2.75) is 49.4 Å². The lowest BCUT2D eigenvalue weighted by atomic mass is 9.90. The van der Waals surface area contributed by atoms with Gasteiger partial charge in [-0.2, -0.15) is 26.3 Å². The molecule has 0 aromatic rings. The Balaban J connectivity index is 2.68. The maximum absolute atomic E-state index is 12.2. The van der Waals surface area contributed by atoms with Gasteiger partial charge in [0.2, 0.25) is 6.10 Å². The number of ether oxygens (including phenoxy) is 2. The van der Waals surface area contributed by atoms with Crippen LogP contribution in [0, 0.1) is 0 Å². The van der Waals surface area contributed by atoms with Gasteiger partial charge >= 0.3 is 12.4 Å². The second-order valence-electron chi connectivity index (χ2n) is 3.81. The van der Waals surface area contributed by atoms with Crippen LogP contribution in [0.4, 0.5) is 26.3 Å². The van der Waals surface area contributed by atoms with Gasteiger partial charge in [-0.15, -0.1) is 11.6 Å². The zero-order valence-corrected chi connectivity index (χ0v) is 9.94. The topological polar surface area (TPSA) is 18.5 Å². The molecule has 0 spiro atoms. The van der Waals surface area contributed by atoms with E-state index in [1.54, 1.807) is 6.92 Å². The first-order valence-corrected chi connectivity index (χ1v) is 5.55. The number of halogens is 7. The summed E-state index contributed by atoms with van der Waals surface area (Å²) in [5.41, 5.74) is 0. The predicted octanol–water partition coefficient (Wildman–Crippen LogP) is 3.28. The van der Waals surface area contributed by atoms with Gasteiger partial charge in [0.15, 0.2) is 0 Å². The third-order valence-corrected chi connectivity index (χ3v) is 2.87. The Morgan fingerprint density at radius 2 is 1.67 bits per heavy atom. The van der Waals surface area contributed by atoms with Crippen molar-refractivity contribution in [1.82, 2.24) is 0 Å². The molecule has 0 aliphatic heterocycles. The van der Waals surface area contributed by atoms with Crippen LogP contribution >= 0.6 is 11.6 Å². The van der Waals surface area contributed by atoms with Crippen molar-refractivity contribution in [2.75, 3.05) is 6.61 Å². The van der Waals surface area contributed by atoms with Crippen LogP contribution in [0.2, 0.25) is 0 Å². The molecule has 0 heterocycles. The molecule has 1 aliphatic carbocycles. The summed E-state index contributed by atoms with van der Waals surface area (Å²) < 4.78 is 82.4. The van der Waals surface area contributed by atoms with Crippen molar-refractivity contribution in [3.8, 4) is 0 Å². The second-order valence-corrected chi connectivity index (χ2v) is 4.37. The number of rotatable bonds is 4. The average molecular weight is 301 g/mol. The summed E-state index contributed by atoms with van der Waals surface area (Å²) in [4.78, 5) is 0. The van der Waals surface area contributed by atoms with Crippen LogP contribution in [0.15, 0.2) is 0 Å². The third-order valence-electron chi connectivity index (χ3n) is 2.44. The summed E-state index contributed by atoms with van der Waals surface area (Å²) in [5.74, 6) is 0. The van der Waals surface area contributed by atoms with Crippen LogP contribution in [0.25, 0.3) is 0 Å². The molecule has 9 heteroatoms. The van der Waals surface area contributed by atoms with Gasteiger partial charge in [0, 0.05) is 6.61 Å². The maximum atomic E-state index is 12.2. The fourth-order valence-corrected chi connectivity index (χ4v) is 1.99. The summed E-state index contributed by atoms with van der Waals surface area (Å²) in [7, 11) is 0. The Morgan fingerprint density at radius 1 is 1.17 bits per heavy atom. The van der Waals surface area contributed by atoms with Crippen LogP contribution in [0.1, 0.15) is 13.3 Å². The smallest absolute Gasteiger partial charge is 0.374 e. The maximum Gasteiger partial charge on any atom is 0.423 e. The molecule has 0 N–H and O–H groups in total. The molecule has 0 aromatic heterocycles. The van der Waals surface area contributed by atoms with E-state index in [0.29, 0.717) is 0 Å². The van der Waals surface area contributed by atoms with Crippen molar-refractivity contribution in [3.05, 3.63) is 0 Å². The van der Waals surface area contributed by atoms with Crippen LogP contribution in [0.3, 0.4) is 0 Å². The first-order chi connectivity index (χ1) is 8.07. The van der Waals surface area contributed by atoms with E-state index in [0.717, 1.165) is 0 Å². The minimum atomic E-state index is -5.51. The molecule has 1 rings (SSSR count). The highest BCUT2D eigenvalue weighted by molar-refractivity contribution is 6.21. The van der Waals surface area contributed by atoms with E-state index in [4.69, 9.17) is 16.3 Å². The lowest BCUT2D eigenvalue weighted by Crippen LogP contribution is -2.56. The minimum absolute atomic E-state index is 0.102. The SMILES string of the molecule is CCOC1C(Cl)CC1OC(C(F)(F)F)C(F)(F)F. The van der Waals surface area contributed by atoms with Gasteiger partial charge < -0.3 is 9.47 Å². The zero-order valence-electron chi connectivity index (χ0n) is 9.19. The van der Waals surface area contributed by atoms with E-state index in [-0.39, 0.29) is 13.0 Å². The molecule has 3 unspecified atom stereocenters. The van der Waals surface area contributed by atoms with Crippen LogP contribution in [-0.2, 0) is 9.47 Å². The monoisotopic (exact) mass is 300 g/mol.